The highest BCUT2D eigenvalue weighted by Gasteiger charge is 2.37. The molecule has 0 aromatic carbocycles. The predicted octanol–water partition coefficient (Wildman–Crippen LogP) is 1.51. The normalized spacial score (nSPS) is 12.2. The van der Waals surface area contributed by atoms with Gasteiger partial charge in [0.25, 0.3) is 0 Å². The summed E-state index contributed by atoms with van der Waals surface area (Å²) in [6.07, 6.45) is -4.52. The summed E-state index contributed by atoms with van der Waals surface area (Å²) < 4.78 is 37.2. The first kappa shape index (κ1) is 16.7. The second-order valence-corrected chi connectivity index (χ2v) is 5.31. The molecule has 0 aliphatic carbocycles. The molecule has 0 N–H and O–H groups in total. The number of halogens is 3. The molecule has 106 valence electrons. The lowest BCUT2D eigenvalue weighted by atomic mass is 9.94. The fourth-order valence-corrected chi connectivity index (χ4v) is 1.19. The smallest absolute Gasteiger partial charge is 0.347 e. The molecule has 0 rings (SSSR count). The molecule has 0 unspecified atom stereocenters. The molecule has 0 atom stereocenters. The van der Waals surface area contributed by atoms with E-state index in [4.69, 9.17) is 0 Å². The van der Waals surface area contributed by atoms with E-state index in [-0.39, 0.29) is 0 Å². The van der Waals surface area contributed by atoms with Crippen molar-refractivity contribution in [1.29, 1.82) is 0 Å². The van der Waals surface area contributed by atoms with E-state index in [1.807, 2.05) is 0 Å². The van der Waals surface area contributed by atoms with E-state index < -0.39 is 36.5 Å². The van der Waals surface area contributed by atoms with E-state index in [0.717, 1.165) is 4.90 Å². The highest BCUT2D eigenvalue weighted by Crippen LogP contribution is 2.22. The Morgan fingerprint density at radius 1 is 1.06 bits per heavy atom. The van der Waals surface area contributed by atoms with Crippen molar-refractivity contribution in [3.63, 3.8) is 0 Å². The van der Waals surface area contributed by atoms with E-state index in [9.17, 15) is 22.8 Å². The summed E-state index contributed by atoms with van der Waals surface area (Å²) in [6, 6.07) is 0. The van der Waals surface area contributed by atoms with Gasteiger partial charge in [-0.15, -0.1) is 0 Å². The molecule has 0 fully saturated rings. The molecular weight excluding hydrogens is 249 g/mol. The van der Waals surface area contributed by atoms with Gasteiger partial charge in [-0.25, -0.2) is 0 Å². The van der Waals surface area contributed by atoms with Crippen molar-refractivity contribution >= 4 is 11.8 Å². The molecule has 0 aliphatic heterocycles. The van der Waals surface area contributed by atoms with Gasteiger partial charge in [0, 0.05) is 19.5 Å². The highest BCUT2D eigenvalue weighted by atomic mass is 19.4. The van der Waals surface area contributed by atoms with Crippen molar-refractivity contribution in [3.05, 3.63) is 0 Å². The summed E-state index contributed by atoms with van der Waals surface area (Å²) in [4.78, 5) is 25.0. The Hall–Kier alpha value is -1.27. The lowest BCUT2D eigenvalue weighted by Crippen LogP contribution is -2.48. The first-order valence-electron chi connectivity index (χ1n) is 5.41. The van der Waals surface area contributed by atoms with Crippen LogP contribution in [0.1, 0.15) is 20.8 Å². The van der Waals surface area contributed by atoms with Gasteiger partial charge in [0.1, 0.15) is 13.1 Å². The molecule has 0 saturated heterocycles. The minimum Gasteiger partial charge on any atom is -0.347 e. The maximum atomic E-state index is 12.4. The first-order chi connectivity index (χ1) is 7.84. The monoisotopic (exact) mass is 268 g/mol. The van der Waals surface area contributed by atoms with E-state index in [1.54, 1.807) is 0 Å². The second-order valence-electron chi connectivity index (χ2n) is 5.31. The number of carbonyl (C=O) groups is 2. The standard InChI is InChI=1S/C11H19F3N2O2/c1-10(2,3)9(18)16(7-11(12,13)14)6-8(17)15(4)5/h6-7H2,1-5H3. The number of alkyl halides is 3. The summed E-state index contributed by atoms with van der Waals surface area (Å²) >= 11 is 0. The summed E-state index contributed by atoms with van der Waals surface area (Å²) in [7, 11) is 2.85. The first-order valence-corrected chi connectivity index (χ1v) is 5.41. The Labute approximate surface area is 105 Å². The van der Waals surface area contributed by atoms with Crippen molar-refractivity contribution in [2.45, 2.75) is 26.9 Å². The Morgan fingerprint density at radius 3 is 1.78 bits per heavy atom. The zero-order chi connectivity index (χ0) is 14.7. The van der Waals surface area contributed by atoms with Gasteiger partial charge in [-0.05, 0) is 0 Å². The van der Waals surface area contributed by atoms with Crippen LogP contribution in [0.4, 0.5) is 13.2 Å². The molecule has 7 heteroatoms. The van der Waals surface area contributed by atoms with Crippen molar-refractivity contribution in [1.82, 2.24) is 9.80 Å². The van der Waals surface area contributed by atoms with Gasteiger partial charge in [0.05, 0.1) is 0 Å². The van der Waals surface area contributed by atoms with Crippen LogP contribution in [0.15, 0.2) is 0 Å². The lowest BCUT2D eigenvalue weighted by Gasteiger charge is -2.30. The number of nitrogens with zero attached hydrogens (tertiary/aromatic N) is 2. The summed E-state index contributed by atoms with van der Waals surface area (Å²) in [5.41, 5.74) is -0.960. The number of likely N-dealkylation sites (N-methyl/N-ethyl adjacent to an activating group) is 1. The second kappa shape index (κ2) is 5.58. The molecule has 2 amide bonds. The van der Waals surface area contributed by atoms with Crippen molar-refractivity contribution in [2.24, 2.45) is 5.41 Å². The van der Waals surface area contributed by atoms with Crippen molar-refractivity contribution in [3.8, 4) is 0 Å². The third-order valence-corrected chi connectivity index (χ3v) is 2.12. The van der Waals surface area contributed by atoms with Crippen LogP contribution in [0.3, 0.4) is 0 Å². The Morgan fingerprint density at radius 2 is 1.50 bits per heavy atom. The lowest BCUT2D eigenvalue weighted by molar-refractivity contribution is -0.168. The van der Waals surface area contributed by atoms with Gasteiger partial charge >= 0.3 is 6.18 Å². The summed E-state index contributed by atoms with van der Waals surface area (Å²) in [5.74, 6) is -1.24. The van der Waals surface area contributed by atoms with Gasteiger partial charge in [-0.1, -0.05) is 20.8 Å². The molecule has 0 spiro atoms. The minimum atomic E-state index is -4.52. The maximum Gasteiger partial charge on any atom is 0.406 e. The van der Waals surface area contributed by atoms with Crippen LogP contribution in [0, 0.1) is 5.41 Å². The van der Waals surface area contributed by atoms with Crippen LogP contribution in [0.5, 0.6) is 0 Å². The zero-order valence-electron chi connectivity index (χ0n) is 11.3. The molecule has 0 aromatic heterocycles. The third kappa shape index (κ3) is 5.88. The highest BCUT2D eigenvalue weighted by molar-refractivity contribution is 5.87. The van der Waals surface area contributed by atoms with Gasteiger partial charge in [-0.3, -0.25) is 9.59 Å². The third-order valence-electron chi connectivity index (χ3n) is 2.12. The van der Waals surface area contributed by atoms with Crippen LogP contribution in [-0.4, -0.2) is 55.0 Å². The van der Waals surface area contributed by atoms with Gasteiger partial charge in [-0.2, -0.15) is 13.2 Å². The fourth-order valence-electron chi connectivity index (χ4n) is 1.19. The Balaban J connectivity index is 4.96. The topological polar surface area (TPSA) is 40.6 Å². The van der Waals surface area contributed by atoms with Gasteiger partial charge in [0.15, 0.2) is 0 Å². The molecule has 0 bridgehead atoms. The minimum absolute atomic E-state index is 0.544. The van der Waals surface area contributed by atoms with E-state index in [0.29, 0.717) is 4.90 Å². The molecule has 4 nitrogen and oxygen atoms in total. The van der Waals surface area contributed by atoms with Gasteiger partial charge < -0.3 is 9.80 Å². The van der Waals surface area contributed by atoms with Crippen LogP contribution in [0.2, 0.25) is 0 Å². The van der Waals surface area contributed by atoms with E-state index in [2.05, 4.69) is 0 Å². The van der Waals surface area contributed by atoms with Crippen molar-refractivity contribution < 1.29 is 22.8 Å². The quantitative estimate of drug-likeness (QED) is 0.778. The van der Waals surface area contributed by atoms with Crippen LogP contribution in [0.25, 0.3) is 0 Å². The average molecular weight is 268 g/mol. The number of rotatable bonds is 3. The molecule has 0 saturated carbocycles. The number of carbonyl (C=O) groups excluding carboxylic acids is 2. The van der Waals surface area contributed by atoms with Gasteiger partial charge in [0.2, 0.25) is 11.8 Å². The largest absolute Gasteiger partial charge is 0.406 e. The SMILES string of the molecule is CN(C)C(=O)CN(CC(F)(F)F)C(=O)C(C)(C)C. The number of hydrogen-bond donors (Lipinski definition) is 0. The Kier molecular flexibility index (Phi) is 5.19. The molecule has 0 radical (unpaired) electrons. The van der Waals surface area contributed by atoms with Crippen LogP contribution >= 0.6 is 0 Å². The number of hydrogen-bond acceptors (Lipinski definition) is 2. The van der Waals surface area contributed by atoms with E-state index >= 15 is 0 Å². The van der Waals surface area contributed by atoms with Crippen LogP contribution in [-0.2, 0) is 9.59 Å². The molecule has 0 aromatic rings. The molecule has 0 heterocycles. The fraction of sp³-hybridized carbons (Fsp3) is 0.818. The van der Waals surface area contributed by atoms with Crippen LogP contribution < -0.4 is 0 Å². The molecular formula is C11H19F3N2O2. The summed E-state index contributed by atoms with van der Waals surface area (Å²) in [6.45, 7) is 2.56. The van der Waals surface area contributed by atoms with Crippen molar-refractivity contribution in [2.75, 3.05) is 27.2 Å². The summed E-state index contributed by atoms with van der Waals surface area (Å²) in [5, 5.41) is 0. The molecule has 18 heavy (non-hydrogen) atoms. The Bertz CT molecular complexity index is 319. The van der Waals surface area contributed by atoms with E-state index in [1.165, 1.54) is 34.9 Å². The predicted molar refractivity (Wildman–Crippen MR) is 60.8 cm³/mol. The number of amides is 2. The average Bonchev–Trinajstić information content (AvgIpc) is 2.11. The zero-order valence-corrected chi connectivity index (χ0v) is 11.3. The molecule has 0 aliphatic rings. The maximum absolute atomic E-state index is 12.4.